The summed E-state index contributed by atoms with van der Waals surface area (Å²) in [6.45, 7) is 6.19. The van der Waals surface area contributed by atoms with Gasteiger partial charge in [0.15, 0.2) is 5.69 Å². The van der Waals surface area contributed by atoms with E-state index < -0.39 is 0 Å². The summed E-state index contributed by atoms with van der Waals surface area (Å²) in [7, 11) is 0. The topological polar surface area (TPSA) is 105 Å². The maximum absolute atomic E-state index is 13.1. The van der Waals surface area contributed by atoms with Crippen molar-refractivity contribution in [1.82, 2.24) is 25.1 Å². The number of nitrogens with zero attached hydrogens (tertiary/aromatic N) is 4. The first-order valence-corrected chi connectivity index (χ1v) is 12.9. The van der Waals surface area contributed by atoms with Crippen molar-refractivity contribution in [2.75, 3.05) is 31.6 Å². The van der Waals surface area contributed by atoms with Crippen LogP contribution in [0, 0.1) is 6.92 Å². The zero-order valence-electron chi connectivity index (χ0n) is 21.6. The second kappa shape index (κ2) is 11.0. The highest BCUT2D eigenvalue weighted by Gasteiger charge is 2.16. The molecule has 39 heavy (non-hydrogen) atoms. The summed E-state index contributed by atoms with van der Waals surface area (Å²) in [5.41, 5.74) is 5.83. The molecule has 0 aliphatic carbocycles. The molecule has 196 valence electrons. The standard InChI is InChI=1S/C30H28N6O3/c1-20-3-2-4-25(13-20)39-28-8-6-24(18-32-28)33-30(37)29-26-15-22(5-7-27(26)34-35-29)23-14-21(16-31-17-23)19-36-9-11-38-12-10-36/h2-8,13-18H,9-12,19H2,1H3,(H,33,37)(H,34,35). The Morgan fingerprint density at radius 2 is 1.92 bits per heavy atom. The highest BCUT2D eigenvalue weighted by atomic mass is 16.5. The third-order valence-corrected chi connectivity index (χ3v) is 6.62. The van der Waals surface area contributed by atoms with Crippen molar-refractivity contribution in [3.8, 4) is 22.8 Å². The number of carbonyl (C=O) groups excluding carboxylic acids is 1. The lowest BCUT2D eigenvalue weighted by Crippen LogP contribution is -2.35. The molecule has 0 saturated carbocycles. The molecule has 1 amide bonds. The molecule has 9 nitrogen and oxygen atoms in total. The lowest BCUT2D eigenvalue weighted by molar-refractivity contribution is 0.0341. The van der Waals surface area contributed by atoms with Gasteiger partial charge in [-0.15, -0.1) is 0 Å². The summed E-state index contributed by atoms with van der Waals surface area (Å²) in [6, 6.07) is 19.3. The van der Waals surface area contributed by atoms with Crippen molar-refractivity contribution in [1.29, 1.82) is 0 Å². The van der Waals surface area contributed by atoms with Crippen LogP contribution < -0.4 is 10.1 Å². The van der Waals surface area contributed by atoms with Crippen LogP contribution in [0.2, 0.25) is 0 Å². The first-order valence-electron chi connectivity index (χ1n) is 12.9. The molecule has 0 radical (unpaired) electrons. The van der Waals surface area contributed by atoms with Gasteiger partial charge in [-0.3, -0.25) is 19.8 Å². The van der Waals surface area contributed by atoms with Crippen LogP contribution in [-0.2, 0) is 11.3 Å². The van der Waals surface area contributed by atoms with Crippen LogP contribution in [0.5, 0.6) is 11.6 Å². The van der Waals surface area contributed by atoms with Gasteiger partial charge in [0.25, 0.3) is 5.91 Å². The Kier molecular flexibility index (Phi) is 6.99. The molecule has 1 fully saturated rings. The summed E-state index contributed by atoms with van der Waals surface area (Å²) in [6.07, 6.45) is 5.31. The average molecular weight is 521 g/mol. The van der Waals surface area contributed by atoms with Gasteiger partial charge in [-0.05, 0) is 60.0 Å². The minimum absolute atomic E-state index is 0.310. The number of ether oxygens (including phenoxy) is 2. The first kappa shape index (κ1) is 24.7. The van der Waals surface area contributed by atoms with Crippen LogP contribution in [-0.4, -0.2) is 57.3 Å². The number of aryl methyl sites for hydroxylation is 1. The van der Waals surface area contributed by atoms with E-state index in [-0.39, 0.29) is 5.91 Å². The Bertz CT molecular complexity index is 1610. The summed E-state index contributed by atoms with van der Waals surface area (Å²) < 4.78 is 11.3. The molecule has 6 rings (SSSR count). The highest BCUT2D eigenvalue weighted by molar-refractivity contribution is 6.11. The lowest BCUT2D eigenvalue weighted by atomic mass is 10.0. The number of H-pyrrole nitrogens is 1. The largest absolute Gasteiger partial charge is 0.439 e. The molecule has 0 spiro atoms. The van der Waals surface area contributed by atoms with Crippen LogP contribution in [0.15, 0.2) is 79.3 Å². The fourth-order valence-corrected chi connectivity index (χ4v) is 4.62. The second-order valence-corrected chi connectivity index (χ2v) is 9.56. The molecule has 4 heterocycles. The van der Waals surface area contributed by atoms with Crippen molar-refractivity contribution in [3.05, 3.63) is 96.1 Å². The minimum Gasteiger partial charge on any atom is -0.439 e. The Balaban J connectivity index is 1.17. The number of carbonyl (C=O) groups is 1. The SMILES string of the molecule is Cc1cccc(Oc2ccc(NC(=O)c3n[nH]c4ccc(-c5cncc(CN6CCOCC6)c5)cc34)cn2)c1. The Morgan fingerprint density at radius 3 is 2.74 bits per heavy atom. The monoisotopic (exact) mass is 520 g/mol. The third-order valence-electron chi connectivity index (χ3n) is 6.62. The average Bonchev–Trinajstić information content (AvgIpc) is 3.38. The molecule has 9 heteroatoms. The number of hydrogen-bond acceptors (Lipinski definition) is 7. The Hall–Kier alpha value is -4.60. The number of morpholine rings is 1. The molecule has 1 aliphatic rings. The van der Waals surface area contributed by atoms with Crippen LogP contribution in [0.3, 0.4) is 0 Å². The van der Waals surface area contributed by atoms with Gasteiger partial charge in [-0.25, -0.2) is 4.98 Å². The van der Waals surface area contributed by atoms with Crippen LogP contribution in [0.1, 0.15) is 21.6 Å². The molecule has 0 unspecified atom stereocenters. The van der Waals surface area contributed by atoms with Crippen LogP contribution in [0.4, 0.5) is 5.69 Å². The second-order valence-electron chi connectivity index (χ2n) is 9.56. The van der Waals surface area contributed by atoms with Crippen molar-refractivity contribution < 1.29 is 14.3 Å². The van der Waals surface area contributed by atoms with E-state index in [0.29, 0.717) is 23.0 Å². The highest BCUT2D eigenvalue weighted by Crippen LogP contribution is 2.27. The van der Waals surface area contributed by atoms with E-state index >= 15 is 0 Å². The number of aromatic amines is 1. The van der Waals surface area contributed by atoms with Gasteiger partial charge in [0.2, 0.25) is 5.88 Å². The lowest BCUT2D eigenvalue weighted by Gasteiger charge is -2.26. The van der Waals surface area contributed by atoms with E-state index in [0.717, 1.165) is 66.0 Å². The number of nitrogens with one attached hydrogen (secondary N) is 2. The van der Waals surface area contributed by atoms with Gasteiger partial charge in [0.1, 0.15) is 5.75 Å². The van der Waals surface area contributed by atoms with Crippen molar-refractivity contribution in [3.63, 3.8) is 0 Å². The number of fused-ring (bicyclic) bond motifs is 1. The van der Waals surface area contributed by atoms with Crippen LogP contribution >= 0.6 is 0 Å². The van der Waals surface area contributed by atoms with E-state index in [2.05, 4.69) is 36.4 Å². The van der Waals surface area contributed by atoms with E-state index in [4.69, 9.17) is 9.47 Å². The van der Waals surface area contributed by atoms with E-state index in [9.17, 15) is 4.79 Å². The summed E-state index contributed by atoms with van der Waals surface area (Å²) >= 11 is 0. The zero-order chi connectivity index (χ0) is 26.6. The molecule has 2 aromatic carbocycles. The molecule has 3 aromatic heterocycles. The first-order chi connectivity index (χ1) is 19.1. The number of amides is 1. The predicted molar refractivity (Wildman–Crippen MR) is 149 cm³/mol. The molecular weight excluding hydrogens is 492 g/mol. The van der Waals surface area contributed by atoms with E-state index in [1.165, 1.54) is 0 Å². The van der Waals surface area contributed by atoms with Crippen LogP contribution in [0.25, 0.3) is 22.0 Å². The molecular formula is C30H28N6O3. The molecule has 0 bridgehead atoms. The van der Waals surface area contributed by atoms with Gasteiger partial charge in [-0.1, -0.05) is 18.2 Å². The molecule has 1 saturated heterocycles. The smallest absolute Gasteiger partial charge is 0.276 e. The normalized spacial score (nSPS) is 13.9. The number of benzene rings is 2. The van der Waals surface area contributed by atoms with Crippen molar-refractivity contribution in [2.24, 2.45) is 0 Å². The number of rotatable bonds is 7. The van der Waals surface area contributed by atoms with Gasteiger partial charge in [0.05, 0.1) is 30.6 Å². The van der Waals surface area contributed by atoms with Crippen molar-refractivity contribution >= 4 is 22.5 Å². The van der Waals surface area contributed by atoms with E-state index in [1.807, 2.05) is 61.8 Å². The molecule has 0 atom stereocenters. The number of aromatic nitrogens is 4. The van der Waals surface area contributed by atoms with Gasteiger partial charge >= 0.3 is 0 Å². The summed E-state index contributed by atoms with van der Waals surface area (Å²) in [5.74, 6) is 0.824. The minimum atomic E-state index is -0.327. The quantitative estimate of drug-likeness (QED) is 0.304. The predicted octanol–water partition coefficient (Wildman–Crippen LogP) is 5.21. The number of hydrogen-bond donors (Lipinski definition) is 2. The summed E-state index contributed by atoms with van der Waals surface area (Å²) in [5, 5.41) is 10.9. The molecule has 5 aromatic rings. The molecule has 1 aliphatic heterocycles. The Morgan fingerprint density at radius 1 is 1.03 bits per heavy atom. The number of anilines is 1. The number of pyridine rings is 2. The summed E-state index contributed by atoms with van der Waals surface area (Å²) in [4.78, 5) is 24.3. The Labute approximate surface area is 225 Å². The van der Waals surface area contributed by atoms with Crippen molar-refractivity contribution in [2.45, 2.75) is 13.5 Å². The van der Waals surface area contributed by atoms with E-state index in [1.54, 1.807) is 18.3 Å². The van der Waals surface area contributed by atoms with Gasteiger partial charge in [0, 0.05) is 49.0 Å². The fraction of sp³-hybridized carbons (Fsp3) is 0.200. The maximum Gasteiger partial charge on any atom is 0.276 e. The maximum atomic E-state index is 13.1. The molecule has 2 N–H and O–H groups in total. The zero-order valence-corrected chi connectivity index (χ0v) is 21.6. The third kappa shape index (κ3) is 5.79. The fourth-order valence-electron chi connectivity index (χ4n) is 4.62. The van der Waals surface area contributed by atoms with Gasteiger partial charge < -0.3 is 14.8 Å². The van der Waals surface area contributed by atoms with Gasteiger partial charge in [-0.2, -0.15) is 5.10 Å².